The average molecular weight is 282 g/mol. The summed E-state index contributed by atoms with van der Waals surface area (Å²) in [6.45, 7) is 1.82. The van der Waals surface area contributed by atoms with Gasteiger partial charge in [-0.2, -0.15) is 5.10 Å². The molecule has 0 saturated heterocycles. The number of rotatable bonds is 2. The maximum atomic E-state index is 10.6. The van der Waals surface area contributed by atoms with Gasteiger partial charge in [0.05, 0.1) is 10.6 Å². The molecule has 0 aliphatic heterocycles. The molecule has 6 heteroatoms. The number of aryl methyl sites for hydroxylation is 1. The van der Waals surface area contributed by atoms with Crippen LogP contribution in [0.3, 0.4) is 0 Å². The Kier molecular flexibility index (Phi) is 2.74. The number of hydrogen-bond donors (Lipinski definition) is 0. The van der Waals surface area contributed by atoms with E-state index in [-0.39, 0.29) is 5.69 Å². The minimum atomic E-state index is -0.407. The van der Waals surface area contributed by atoms with Crippen molar-refractivity contribution < 1.29 is 4.92 Å². The Labute approximate surface area is 100.0 Å². The second kappa shape index (κ2) is 4.05. The second-order valence-electron chi connectivity index (χ2n) is 3.31. The lowest BCUT2D eigenvalue weighted by Crippen LogP contribution is -1.98. The SMILES string of the molecule is Cc1cc([N+](=O)[O-])ccc1-n1ccc(Br)n1. The maximum Gasteiger partial charge on any atom is 0.269 e. The highest BCUT2D eigenvalue weighted by atomic mass is 79.9. The Bertz CT molecular complexity index is 551. The van der Waals surface area contributed by atoms with Crippen LogP contribution in [-0.4, -0.2) is 14.7 Å². The van der Waals surface area contributed by atoms with E-state index >= 15 is 0 Å². The number of non-ortho nitro benzene ring substituents is 1. The van der Waals surface area contributed by atoms with Crippen molar-refractivity contribution >= 4 is 21.6 Å². The van der Waals surface area contributed by atoms with Gasteiger partial charge in [-0.3, -0.25) is 10.1 Å². The number of nitro groups is 1. The number of nitro benzene ring substituents is 1. The first kappa shape index (κ1) is 10.8. The van der Waals surface area contributed by atoms with E-state index in [4.69, 9.17) is 0 Å². The molecule has 16 heavy (non-hydrogen) atoms. The van der Waals surface area contributed by atoms with E-state index in [1.807, 2.05) is 6.92 Å². The fourth-order valence-corrected chi connectivity index (χ4v) is 1.74. The van der Waals surface area contributed by atoms with Crippen molar-refractivity contribution in [2.45, 2.75) is 6.92 Å². The molecular formula is C10H8BrN3O2. The Morgan fingerprint density at radius 3 is 2.69 bits per heavy atom. The molecule has 0 unspecified atom stereocenters. The lowest BCUT2D eigenvalue weighted by Gasteiger charge is -2.04. The van der Waals surface area contributed by atoms with Crippen LogP contribution in [0.25, 0.3) is 5.69 Å². The monoisotopic (exact) mass is 281 g/mol. The van der Waals surface area contributed by atoms with E-state index < -0.39 is 4.92 Å². The van der Waals surface area contributed by atoms with Crippen LogP contribution in [0.5, 0.6) is 0 Å². The van der Waals surface area contributed by atoms with Gasteiger partial charge in [-0.25, -0.2) is 4.68 Å². The van der Waals surface area contributed by atoms with Crippen molar-refractivity contribution in [3.8, 4) is 5.69 Å². The van der Waals surface area contributed by atoms with Crippen molar-refractivity contribution in [2.24, 2.45) is 0 Å². The highest BCUT2D eigenvalue weighted by Gasteiger charge is 2.09. The molecule has 1 heterocycles. The summed E-state index contributed by atoms with van der Waals surface area (Å²) < 4.78 is 2.40. The van der Waals surface area contributed by atoms with E-state index in [1.54, 1.807) is 23.0 Å². The number of hydrogen-bond acceptors (Lipinski definition) is 3. The summed E-state index contributed by atoms with van der Waals surface area (Å²) in [7, 11) is 0. The third-order valence-electron chi connectivity index (χ3n) is 2.19. The first-order valence-electron chi connectivity index (χ1n) is 4.54. The summed E-state index contributed by atoms with van der Waals surface area (Å²) in [4.78, 5) is 10.2. The van der Waals surface area contributed by atoms with Gasteiger partial charge in [0, 0.05) is 18.3 Å². The summed E-state index contributed by atoms with van der Waals surface area (Å²) in [6, 6.07) is 6.50. The van der Waals surface area contributed by atoms with Crippen LogP contribution in [-0.2, 0) is 0 Å². The van der Waals surface area contributed by atoms with Crippen LogP contribution in [0.4, 0.5) is 5.69 Å². The number of nitrogens with zero attached hydrogens (tertiary/aromatic N) is 3. The third-order valence-corrected chi connectivity index (χ3v) is 2.62. The lowest BCUT2D eigenvalue weighted by atomic mass is 10.2. The predicted octanol–water partition coefficient (Wildman–Crippen LogP) is 2.85. The summed E-state index contributed by atoms with van der Waals surface area (Å²) in [6.07, 6.45) is 1.79. The van der Waals surface area contributed by atoms with Gasteiger partial charge in [0.2, 0.25) is 0 Å². The molecule has 1 aromatic heterocycles. The fourth-order valence-electron chi connectivity index (χ4n) is 1.45. The first-order chi connectivity index (χ1) is 7.58. The molecule has 0 saturated carbocycles. The van der Waals surface area contributed by atoms with E-state index in [2.05, 4.69) is 21.0 Å². The second-order valence-corrected chi connectivity index (χ2v) is 4.12. The molecule has 82 valence electrons. The summed E-state index contributed by atoms with van der Waals surface area (Å²) >= 11 is 3.25. The molecular weight excluding hydrogens is 274 g/mol. The zero-order chi connectivity index (χ0) is 11.7. The zero-order valence-corrected chi connectivity index (χ0v) is 10.0. The van der Waals surface area contributed by atoms with E-state index in [0.29, 0.717) is 0 Å². The van der Waals surface area contributed by atoms with E-state index in [9.17, 15) is 10.1 Å². The molecule has 0 aliphatic rings. The minimum absolute atomic E-state index is 0.0903. The van der Waals surface area contributed by atoms with E-state index in [1.165, 1.54) is 12.1 Å². The summed E-state index contributed by atoms with van der Waals surface area (Å²) in [5.74, 6) is 0. The molecule has 0 bridgehead atoms. The summed E-state index contributed by atoms with van der Waals surface area (Å²) in [5, 5.41) is 14.8. The van der Waals surface area contributed by atoms with Crippen molar-refractivity contribution in [3.05, 3.63) is 50.7 Å². The Morgan fingerprint density at radius 1 is 1.44 bits per heavy atom. The largest absolute Gasteiger partial charge is 0.269 e. The van der Waals surface area contributed by atoms with Crippen LogP contribution < -0.4 is 0 Å². The number of halogens is 1. The minimum Gasteiger partial charge on any atom is -0.258 e. The topological polar surface area (TPSA) is 61.0 Å². The number of benzene rings is 1. The van der Waals surface area contributed by atoms with Crippen molar-refractivity contribution in [1.82, 2.24) is 9.78 Å². The van der Waals surface area contributed by atoms with Crippen molar-refractivity contribution in [3.63, 3.8) is 0 Å². The predicted molar refractivity (Wildman–Crippen MR) is 62.7 cm³/mol. The molecule has 1 aromatic carbocycles. The molecule has 0 amide bonds. The first-order valence-corrected chi connectivity index (χ1v) is 5.34. The number of aromatic nitrogens is 2. The Balaban J connectivity index is 2.47. The smallest absolute Gasteiger partial charge is 0.258 e. The van der Waals surface area contributed by atoms with E-state index in [0.717, 1.165) is 15.9 Å². The molecule has 0 atom stereocenters. The summed E-state index contributed by atoms with van der Waals surface area (Å²) in [5.41, 5.74) is 1.73. The zero-order valence-electron chi connectivity index (χ0n) is 8.42. The molecule has 2 rings (SSSR count). The Morgan fingerprint density at radius 2 is 2.19 bits per heavy atom. The molecule has 5 nitrogen and oxygen atoms in total. The maximum absolute atomic E-state index is 10.6. The third kappa shape index (κ3) is 1.96. The molecule has 0 N–H and O–H groups in total. The van der Waals surface area contributed by atoms with Gasteiger partial charge < -0.3 is 0 Å². The van der Waals surface area contributed by atoms with Gasteiger partial charge in [-0.1, -0.05) is 0 Å². The Hall–Kier alpha value is -1.69. The van der Waals surface area contributed by atoms with Crippen LogP contribution in [0.15, 0.2) is 35.1 Å². The molecule has 2 aromatic rings. The molecule has 0 radical (unpaired) electrons. The molecule has 0 fully saturated rings. The van der Waals surface area contributed by atoms with Gasteiger partial charge in [-0.05, 0) is 40.5 Å². The van der Waals surface area contributed by atoms with Gasteiger partial charge in [0.1, 0.15) is 4.60 Å². The lowest BCUT2D eigenvalue weighted by molar-refractivity contribution is -0.384. The standard InChI is InChI=1S/C10H8BrN3O2/c1-7-6-8(14(15)16)2-3-9(7)13-5-4-10(11)12-13/h2-6H,1H3. The van der Waals surface area contributed by atoms with Crippen LogP contribution in [0.1, 0.15) is 5.56 Å². The van der Waals surface area contributed by atoms with Crippen LogP contribution in [0, 0.1) is 17.0 Å². The fraction of sp³-hybridized carbons (Fsp3) is 0.100. The molecule has 0 aliphatic carbocycles. The van der Waals surface area contributed by atoms with Crippen LogP contribution in [0.2, 0.25) is 0 Å². The van der Waals surface area contributed by atoms with Gasteiger partial charge >= 0.3 is 0 Å². The van der Waals surface area contributed by atoms with Gasteiger partial charge in [0.25, 0.3) is 5.69 Å². The van der Waals surface area contributed by atoms with Crippen molar-refractivity contribution in [1.29, 1.82) is 0 Å². The van der Waals surface area contributed by atoms with Crippen molar-refractivity contribution in [2.75, 3.05) is 0 Å². The average Bonchev–Trinajstić information content (AvgIpc) is 2.64. The van der Waals surface area contributed by atoms with Gasteiger partial charge in [-0.15, -0.1) is 0 Å². The van der Waals surface area contributed by atoms with Gasteiger partial charge in [0.15, 0.2) is 0 Å². The highest BCUT2D eigenvalue weighted by Crippen LogP contribution is 2.20. The normalized spacial score (nSPS) is 10.4. The van der Waals surface area contributed by atoms with Crippen LogP contribution >= 0.6 is 15.9 Å². The highest BCUT2D eigenvalue weighted by molar-refractivity contribution is 9.10. The quantitative estimate of drug-likeness (QED) is 0.628. The molecule has 0 spiro atoms.